The number of hydrogen-bond donors (Lipinski definition) is 1. The summed E-state index contributed by atoms with van der Waals surface area (Å²) in [5.74, 6) is -1.73. The molecule has 0 bridgehead atoms. The summed E-state index contributed by atoms with van der Waals surface area (Å²) in [6.07, 6.45) is -3.34. The Hall–Kier alpha value is -2.39. The predicted octanol–water partition coefficient (Wildman–Crippen LogP) is 3.40. The molecular weight excluding hydrogens is 479 g/mol. The first-order valence-corrected chi connectivity index (χ1v) is 12.2. The second-order valence-corrected chi connectivity index (χ2v) is 11.0. The van der Waals surface area contributed by atoms with Gasteiger partial charge in [-0.25, -0.2) is 16.8 Å². The first-order valence-electron chi connectivity index (χ1n) is 8.30. The summed E-state index contributed by atoms with van der Waals surface area (Å²) < 4.78 is 88.6. The zero-order valence-electron chi connectivity index (χ0n) is 15.8. The number of nitriles is 1. The molecular formula is C19H15ClF3NO5S2. The topological polar surface area (TPSA) is 112 Å². The van der Waals surface area contributed by atoms with Crippen LogP contribution in [-0.2, 0) is 19.7 Å². The number of aliphatic hydroxyl groups is 1. The smallest absolute Gasteiger partial charge is 0.376 e. The molecule has 0 aliphatic rings. The molecule has 0 saturated carbocycles. The Labute approximate surface area is 182 Å². The lowest BCUT2D eigenvalue weighted by Crippen LogP contribution is -2.48. The monoisotopic (exact) mass is 493 g/mol. The summed E-state index contributed by atoms with van der Waals surface area (Å²) >= 11 is 5.82. The largest absolute Gasteiger partial charge is 0.421 e. The molecule has 12 heteroatoms. The van der Waals surface area contributed by atoms with Gasteiger partial charge in [-0.1, -0.05) is 23.7 Å². The maximum absolute atomic E-state index is 13.6. The second kappa shape index (κ2) is 8.63. The Bertz CT molecular complexity index is 1270. The lowest BCUT2D eigenvalue weighted by molar-refractivity contribution is -0.230. The molecule has 0 amide bonds. The van der Waals surface area contributed by atoms with Crippen LogP contribution in [0.25, 0.3) is 6.08 Å². The van der Waals surface area contributed by atoms with E-state index in [1.165, 1.54) is 18.2 Å². The minimum absolute atomic E-state index is 0.0289. The highest BCUT2D eigenvalue weighted by Crippen LogP contribution is 2.35. The van der Waals surface area contributed by atoms with Gasteiger partial charge >= 0.3 is 6.18 Å². The average Bonchev–Trinajstić information content (AvgIpc) is 2.65. The van der Waals surface area contributed by atoms with Crippen molar-refractivity contribution < 1.29 is 35.1 Å². The minimum atomic E-state index is -5.35. The molecule has 0 fully saturated rings. The summed E-state index contributed by atoms with van der Waals surface area (Å²) in [5, 5.41) is 19.0. The van der Waals surface area contributed by atoms with Gasteiger partial charge in [0.2, 0.25) is 0 Å². The van der Waals surface area contributed by atoms with Crippen molar-refractivity contribution in [1.29, 1.82) is 5.26 Å². The van der Waals surface area contributed by atoms with Crippen LogP contribution in [0.15, 0.2) is 58.3 Å². The number of benzene rings is 2. The lowest BCUT2D eigenvalue weighted by atomic mass is 10.0. The fourth-order valence-corrected chi connectivity index (χ4v) is 4.87. The molecule has 0 radical (unpaired) electrons. The van der Waals surface area contributed by atoms with E-state index in [2.05, 4.69) is 0 Å². The Morgan fingerprint density at radius 1 is 1.06 bits per heavy atom. The van der Waals surface area contributed by atoms with Crippen LogP contribution < -0.4 is 0 Å². The molecule has 166 valence electrons. The molecule has 0 aliphatic carbocycles. The van der Waals surface area contributed by atoms with E-state index >= 15 is 0 Å². The van der Waals surface area contributed by atoms with Gasteiger partial charge in [0.1, 0.15) is 6.07 Å². The number of rotatable bonds is 6. The van der Waals surface area contributed by atoms with Crippen molar-refractivity contribution in [2.45, 2.75) is 21.6 Å². The van der Waals surface area contributed by atoms with E-state index in [-0.39, 0.29) is 27.1 Å². The Morgan fingerprint density at radius 2 is 1.61 bits per heavy atom. The van der Waals surface area contributed by atoms with E-state index in [0.717, 1.165) is 36.6 Å². The zero-order valence-corrected chi connectivity index (χ0v) is 18.1. The first kappa shape index (κ1) is 24.9. The van der Waals surface area contributed by atoms with Gasteiger partial charge in [0.15, 0.2) is 25.3 Å². The summed E-state index contributed by atoms with van der Waals surface area (Å²) in [6, 6.07) is 9.10. The van der Waals surface area contributed by atoms with E-state index in [0.29, 0.717) is 0 Å². The van der Waals surface area contributed by atoms with Crippen LogP contribution in [0.2, 0.25) is 5.02 Å². The minimum Gasteiger partial charge on any atom is -0.376 e. The molecule has 1 atom stereocenters. The fourth-order valence-electron chi connectivity index (χ4n) is 2.45. The van der Waals surface area contributed by atoms with Gasteiger partial charge in [-0.05, 0) is 48.0 Å². The molecule has 0 aromatic heterocycles. The predicted molar refractivity (Wildman–Crippen MR) is 108 cm³/mol. The quantitative estimate of drug-likeness (QED) is 0.660. The van der Waals surface area contributed by atoms with Crippen LogP contribution in [0.1, 0.15) is 11.1 Å². The average molecular weight is 494 g/mol. The maximum Gasteiger partial charge on any atom is 0.421 e. The van der Waals surface area contributed by atoms with E-state index in [4.69, 9.17) is 16.9 Å². The first-order chi connectivity index (χ1) is 14.1. The molecule has 2 aromatic rings. The van der Waals surface area contributed by atoms with Crippen molar-refractivity contribution >= 4 is 37.4 Å². The van der Waals surface area contributed by atoms with Crippen LogP contribution >= 0.6 is 11.6 Å². The Kier molecular flexibility index (Phi) is 6.92. The van der Waals surface area contributed by atoms with Gasteiger partial charge in [-0.15, -0.1) is 0 Å². The summed E-state index contributed by atoms with van der Waals surface area (Å²) in [5.41, 5.74) is -3.56. The van der Waals surface area contributed by atoms with Gasteiger partial charge in [-0.2, -0.15) is 18.4 Å². The van der Waals surface area contributed by atoms with Crippen LogP contribution in [0, 0.1) is 11.3 Å². The van der Waals surface area contributed by atoms with Crippen molar-refractivity contribution in [3.8, 4) is 6.07 Å². The number of hydrogen-bond acceptors (Lipinski definition) is 6. The zero-order chi connectivity index (χ0) is 23.7. The van der Waals surface area contributed by atoms with Crippen LogP contribution in [0.4, 0.5) is 13.2 Å². The van der Waals surface area contributed by atoms with Crippen molar-refractivity contribution in [1.82, 2.24) is 0 Å². The van der Waals surface area contributed by atoms with Crippen molar-refractivity contribution in [2.75, 3.05) is 12.0 Å². The van der Waals surface area contributed by atoms with E-state index < -0.39 is 42.1 Å². The van der Waals surface area contributed by atoms with E-state index in [1.54, 1.807) is 6.07 Å². The molecule has 1 N–H and O–H groups in total. The van der Waals surface area contributed by atoms with Gasteiger partial charge < -0.3 is 5.11 Å². The molecule has 2 rings (SSSR count). The SMILES string of the molecule is CS(=O)(=O)c1ccc(S(=O)(=O)C[C@](O)(/C=C/c2ccc(C#N)c(Cl)c2)C(F)(F)F)cc1. The molecule has 31 heavy (non-hydrogen) atoms. The molecule has 0 spiro atoms. The molecule has 0 saturated heterocycles. The molecule has 6 nitrogen and oxygen atoms in total. The van der Waals surface area contributed by atoms with Crippen molar-refractivity contribution in [3.63, 3.8) is 0 Å². The maximum atomic E-state index is 13.6. The molecule has 0 aliphatic heterocycles. The van der Waals surface area contributed by atoms with Crippen LogP contribution in [-0.4, -0.2) is 45.7 Å². The number of nitrogens with zero attached hydrogens (tertiary/aromatic N) is 1. The standard InChI is InChI=1S/C19H15ClF3NO5S2/c1-30(26,27)15-4-6-16(7-5-15)31(28,29)12-18(25,19(21,22)23)9-8-13-2-3-14(11-24)17(20)10-13/h2-10,25H,12H2,1H3/b9-8+/t18-/m1/s1. The summed E-state index contributed by atoms with van der Waals surface area (Å²) in [7, 11) is -8.31. The van der Waals surface area contributed by atoms with Crippen molar-refractivity contribution in [2.24, 2.45) is 0 Å². The molecule has 0 unspecified atom stereocenters. The van der Waals surface area contributed by atoms with Crippen LogP contribution in [0.5, 0.6) is 0 Å². The van der Waals surface area contributed by atoms with Crippen molar-refractivity contribution in [3.05, 3.63) is 64.7 Å². The fraction of sp³-hybridized carbons (Fsp3) is 0.211. The normalized spacial score (nSPS) is 14.9. The summed E-state index contributed by atoms with van der Waals surface area (Å²) in [6.45, 7) is 0. The van der Waals surface area contributed by atoms with Gasteiger partial charge in [0.05, 0.1) is 26.1 Å². The number of halogens is 4. The Balaban J connectivity index is 2.42. The van der Waals surface area contributed by atoms with E-state index in [9.17, 15) is 35.1 Å². The second-order valence-electron chi connectivity index (χ2n) is 6.61. The highest BCUT2D eigenvalue weighted by atomic mass is 35.5. The van der Waals surface area contributed by atoms with Gasteiger partial charge in [0, 0.05) is 6.26 Å². The van der Waals surface area contributed by atoms with E-state index in [1.807, 2.05) is 0 Å². The molecule has 2 aromatic carbocycles. The third kappa shape index (κ3) is 5.86. The van der Waals surface area contributed by atoms with Gasteiger partial charge in [-0.3, -0.25) is 0 Å². The number of sulfone groups is 2. The number of alkyl halides is 3. The van der Waals surface area contributed by atoms with Crippen LogP contribution in [0.3, 0.4) is 0 Å². The highest BCUT2D eigenvalue weighted by molar-refractivity contribution is 7.91. The Morgan fingerprint density at radius 3 is 2.06 bits per heavy atom. The molecule has 0 heterocycles. The highest BCUT2D eigenvalue weighted by Gasteiger charge is 2.54. The third-order valence-electron chi connectivity index (χ3n) is 4.18. The summed E-state index contributed by atoms with van der Waals surface area (Å²) in [4.78, 5) is -0.799. The van der Waals surface area contributed by atoms with Gasteiger partial charge in [0.25, 0.3) is 0 Å². The lowest BCUT2D eigenvalue weighted by Gasteiger charge is -2.27. The third-order valence-corrected chi connectivity index (χ3v) is 7.43.